The lowest BCUT2D eigenvalue weighted by atomic mass is 10.1. The van der Waals surface area contributed by atoms with Gasteiger partial charge in [-0.25, -0.2) is 0 Å². The molecule has 0 aromatic heterocycles. The number of hydrogen-bond donors (Lipinski definition) is 1. The molecule has 1 saturated heterocycles. The van der Waals surface area contributed by atoms with E-state index in [0.717, 1.165) is 18.4 Å². The van der Waals surface area contributed by atoms with Crippen molar-refractivity contribution < 1.29 is 14.6 Å². The van der Waals surface area contributed by atoms with Crippen LogP contribution in [0.25, 0.3) is 0 Å². The van der Waals surface area contributed by atoms with Crippen LogP contribution in [0.1, 0.15) is 18.4 Å². The second kappa shape index (κ2) is 6.26. The summed E-state index contributed by atoms with van der Waals surface area (Å²) in [5.41, 5.74) is 0.917. The Kier molecular flexibility index (Phi) is 4.66. The van der Waals surface area contributed by atoms with Crippen molar-refractivity contribution in [3.8, 4) is 5.75 Å². The summed E-state index contributed by atoms with van der Waals surface area (Å²) in [4.78, 5) is 13.6. The number of carbonyl (C=O) groups is 1. The molecule has 104 valence electrons. The molecular weight excluding hydrogens is 266 g/mol. The summed E-state index contributed by atoms with van der Waals surface area (Å²) in [7, 11) is 0. The van der Waals surface area contributed by atoms with E-state index in [-0.39, 0.29) is 12.5 Å². The third kappa shape index (κ3) is 3.85. The Morgan fingerprint density at radius 2 is 2.37 bits per heavy atom. The summed E-state index contributed by atoms with van der Waals surface area (Å²) in [6.45, 7) is 2.98. The van der Waals surface area contributed by atoms with Crippen LogP contribution >= 0.6 is 11.6 Å². The van der Waals surface area contributed by atoms with E-state index in [9.17, 15) is 9.90 Å². The summed E-state index contributed by atoms with van der Waals surface area (Å²) in [6, 6.07) is 5.30. The molecular formula is C14H18ClNO3. The molecule has 1 fully saturated rings. The van der Waals surface area contributed by atoms with Crippen molar-refractivity contribution in [2.75, 3.05) is 19.7 Å². The van der Waals surface area contributed by atoms with Gasteiger partial charge in [-0.15, -0.1) is 0 Å². The first-order chi connectivity index (χ1) is 9.06. The van der Waals surface area contributed by atoms with Gasteiger partial charge in [-0.05, 0) is 43.5 Å². The highest BCUT2D eigenvalue weighted by Crippen LogP contribution is 2.21. The maximum atomic E-state index is 11.9. The molecule has 1 heterocycles. The molecule has 4 nitrogen and oxygen atoms in total. The van der Waals surface area contributed by atoms with Crippen LogP contribution < -0.4 is 4.74 Å². The zero-order valence-electron chi connectivity index (χ0n) is 10.9. The number of likely N-dealkylation sites (tertiary alicyclic amines) is 1. The molecule has 0 aliphatic carbocycles. The summed E-state index contributed by atoms with van der Waals surface area (Å²) in [5.74, 6) is 0.541. The van der Waals surface area contributed by atoms with Crippen molar-refractivity contribution >= 4 is 17.5 Å². The highest BCUT2D eigenvalue weighted by molar-refractivity contribution is 6.31. The summed E-state index contributed by atoms with van der Waals surface area (Å²) in [6.07, 6.45) is 1.20. The van der Waals surface area contributed by atoms with Crippen LogP contribution in [0, 0.1) is 6.92 Å². The average molecular weight is 284 g/mol. The summed E-state index contributed by atoms with van der Waals surface area (Å²) >= 11 is 5.92. The lowest BCUT2D eigenvalue weighted by molar-refractivity contribution is -0.136. The van der Waals surface area contributed by atoms with E-state index < -0.39 is 6.10 Å². The van der Waals surface area contributed by atoms with Crippen molar-refractivity contribution in [2.45, 2.75) is 25.9 Å². The van der Waals surface area contributed by atoms with Crippen LogP contribution in [-0.4, -0.2) is 41.7 Å². The SMILES string of the molecule is Cc1cc(OCC(=O)N2CCCC(O)C2)ccc1Cl. The molecule has 1 aliphatic heterocycles. The van der Waals surface area contributed by atoms with E-state index >= 15 is 0 Å². The molecule has 1 aromatic rings. The number of hydrogen-bond acceptors (Lipinski definition) is 3. The fourth-order valence-electron chi connectivity index (χ4n) is 2.12. The third-order valence-corrected chi connectivity index (χ3v) is 3.67. The van der Waals surface area contributed by atoms with Crippen LogP contribution in [0.3, 0.4) is 0 Å². The zero-order chi connectivity index (χ0) is 13.8. The Labute approximate surface area is 117 Å². The minimum atomic E-state index is -0.407. The van der Waals surface area contributed by atoms with Gasteiger partial charge in [0.1, 0.15) is 5.75 Å². The molecule has 0 saturated carbocycles. The molecule has 0 bridgehead atoms. The van der Waals surface area contributed by atoms with Gasteiger partial charge >= 0.3 is 0 Å². The van der Waals surface area contributed by atoms with Crippen LogP contribution in [0.15, 0.2) is 18.2 Å². The van der Waals surface area contributed by atoms with Gasteiger partial charge in [0.15, 0.2) is 6.61 Å². The van der Waals surface area contributed by atoms with Crippen molar-refractivity contribution in [1.29, 1.82) is 0 Å². The second-order valence-electron chi connectivity index (χ2n) is 4.84. The zero-order valence-corrected chi connectivity index (χ0v) is 11.7. The smallest absolute Gasteiger partial charge is 0.260 e. The maximum absolute atomic E-state index is 11.9. The number of nitrogens with zero attached hydrogens (tertiary/aromatic N) is 1. The summed E-state index contributed by atoms with van der Waals surface area (Å²) in [5, 5.41) is 10.2. The Balaban J connectivity index is 1.87. The Hall–Kier alpha value is -1.26. The number of aryl methyl sites for hydroxylation is 1. The monoisotopic (exact) mass is 283 g/mol. The van der Waals surface area contributed by atoms with Crippen molar-refractivity contribution in [3.05, 3.63) is 28.8 Å². The minimum Gasteiger partial charge on any atom is -0.484 e. The number of benzene rings is 1. The fraction of sp³-hybridized carbons (Fsp3) is 0.500. The molecule has 1 N–H and O–H groups in total. The highest BCUT2D eigenvalue weighted by atomic mass is 35.5. The molecule has 1 aromatic carbocycles. The van der Waals surface area contributed by atoms with Gasteiger partial charge in [0.2, 0.25) is 0 Å². The minimum absolute atomic E-state index is 0.00616. The first-order valence-electron chi connectivity index (χ1n) is 6.41. The predicted molar refractivity (Wildman–Crippen MR) is 73.5 cm³/mol. The van der Waals surface area contributed by atoms with E-state index in [1.54, 1.807) is 23.1 Å². The maximum Gasteiger partial charge on any atom is 0.260 e. The second-order valence-corrected chi connectivity index (χ2v) is 5.24. The van der Waals surface area contributed by atoms with Gasteiger partial charge in [0.25, 0.3) is 5.91 Å². The van der Waals surface area contributed by atoms with Crippen LogP contribution in [0.5, 0.6) is 5.75 Å². The predicted octanol–water partition coefficient (Wildman–Crippen LogP) is 2.01. The van der Waals surface area contributed by atoms with Gasteiger partial charge < -0.3 is 14.7 Å². The van der Waals surface area contributed by atoms with Crippen molar-refractivity contribution in [2.24, 2.45) is 0 Å². The van der Waals surface area contributed by atoms with Crippen molar-refractivity contribution in [3.63, 3.8) is 0 Å². The standard InChI is InChI=1S/C14H18ClNO3/c1-10-7-12(4-5-13(10)15)19-9-14(18)16-6-2-3-11(17)8-16/h4-5,7,11,17H,2-3,6,8-9H2,1H3. The van der Waals surface area contributed by atoms with E-state index in [0.29, 0.717) is 23.9 Å². The van der Waals surface area contributed by atoms with E-state index in [4.69, 9.17) is 16.3 Å². The molecule has 1 atom stereocenters. The van der Waals surface area contributed by atoms with Crippen molar-refractivity contribution in [1.82, 2.24) is 4.90 Å². The first kappa shape index (κ1) is 14.2. The number of rotatable bonds is 3. The largest absolute Gasteiger partial charge is 0.484 e. The van der Waals surface area contributed by atoms with Gasteiger partial charge in [0, 0.05) is 18.1 Å². The lowest BCUT2D eigenvalue weighted by Gasteiger charge is -2.30. The third-order valence-electron chi connectivity index (χ3n) is 3.24. The van der Waals surface area contributed by atoms with E-state index in [1.165, 1.54) is 0 Å². The molecule has 1 unspecified atom stereocenters. The van der Waals surface area contributed by atoms with Crippen LogP contribution in [0.4, 0.5) is 0 Å². The molecule has 0 spiro atoms. The Bertz CT molecular complexity index is 464. The quantitative estimate of drug-likeness (QED) is 0.923. The average Bonchev–Trinajstić information content (AvgIpc) is 2.40. The van der Waals surface area contributed by atoms with E-state index in [1.807, 2.05) is 6.92 Å². The number of carbonyl (C=O) groups excluding carboxylic acids is 1. The topological polar surface area (TPSA) is 49.8 Å². The number of amides is 1. The number of ether oxygens (including phenoxy) is 1. The number of halogens is 1. The molecule has 1 aliphatic rings. The Morgan fingerprint density at radius 3 is 3.05 bits per heavy atom. The van der Waals surface area contributed by atoms with E-state index in [2.05, 4.69) is 0 Å². The normalized spacial score (nSPS) is 19.3. The van der Waals surface area contributed by atoms with Gasteiger partial charge in [0.05, 0.1) is 6.10 Å². The highest BCUT2D eigenvalue weighted by Gasteiger charge is 2.22. The molecule has 2 rings (SSSR count). The number of aliphatic hydroxyl groups is 1. The van der Waals surface area contributed by atoms with Gasteiger partial charge in [-0.1, -0.05) is 11.6 Å². The van der Waals surface area contributed by atoms with Gasteiger partial charge in [-0.2, -0.15) is 0 Å². The fourth-order valence-corrected chi connectivity index (χ4v) is 2.24. The van der Waals surface area contributed by atoms with Crippen LogP contribution in [0.2, 0.25) is 5.02 Å². The first-order valence-corrected chi connectivity index (χ1v) is 6.79. The Morgan fingerprint density at radius 1 is 1.58 bits per heavy atom. The number of piperidine rings is 1. The molecule has 5 heteroatoms. The van der Waals surface area contributed by atoms with Crippen LogP contribution in [-0.2, 0) is 4.79 Å². The summed E-state index contributed by atoms with van der Waals surface area (Å²) < 4.78 is 5.46. The molecule has 1 amide bonds. The molecule has 0 radical (unpaired) electrons. The molecule has 19 heavy (non-hydrogen) atoms. The number of β-amino-alcohol motifs (C(OH)–C–C–N with tert-alkyl or cyclic N) is 1. The van der Waals surface area contributed by atoms with Gasteiger partial charge in [-0.3, -0.25) is 4.79 Å². The number of aliphatic hydroxyl groups excluding tert-OH is 1. The lowest BCUT2D eigenvalue weighted by Crippen LogP contribution is -2.44.